The number of nitrogens with one attached hydrogen (secondary N) is 1. The summed E-state index contributed by atoms with van der Waals surface area (Å²) in [7, 11) is 3.54. The van der Waals surface area contributed by atoms with Crippen molar-refractivity contribution in [2.24, 2.45) is 7.05 Å². The molecule has 0 saturated heterocycles. The van der Waals surface area contributed by atoms with E-state index < -0.39 is 0 Å². The third-order valence-corrected chi connectivity index (χ3v) is 3.41. The van der Waals surface area contributed by atoms with Crippen molar-refractivity contribution in [1.29, 1.82) is 0 Å². The summed E-state index contributed by atoms with van der Waals surface area (Å²) in [5.74, 6) is 2.56. The van der Waals surface area contributed by atoms with Crippen LogP contribution in [0.4, 0.5) is 0 Å². The van der Waals surface area contributed by atoms with Crippen LogP contribution in [0, 0.1) is 0 Å². The molecule has 3 rings (SSSR count). The van der Waals surface area contributed by atoms with Crippen LogP contribution in [0.5, 0.6) is 11.5 Å². The van der Waals surface area contributed by atoms with Crippen LogP contribution in [-0.4, -0.2) is 28.5 Å². The number of nitrogens with zero attached hydrogens (tertiary/aromatic N) is 3. The number of hydrogen-bond acceptors (Lipinski definition) is 5. The van der Waals surface area contributed by atoms with E-state index in [1.807, 2.05) is 25.2 Å². The first-order valence-electron chi connectivity index (χ1n) is 6.65. The molecule has 1 aromatic heterocycles. The first-order chi connectivity index (χ1) is 9.76. The summed E-state index contributed by atoms with van der Waals surface area (Å²) < 4.78 is 12.7. The minimum absolute atomic E-state index is 0.234. The Morgan fingerprint density at radius 3 is 3.15 bits per heavy atom. The van der Waals surface area contributed by atoms with E-state index in [1.165, 1.54) is 0 Å². The molecule has 1 aliphatic heterocycles. The van der Waals surface area contributed by atoms with E-state index >= 15 is 0 Å². The summed E-state index contributed by atoms with van der Waals surface area (Å²) in [5, 5.41) is 7.76. The van der Waals surface area contributed by atoms with Crippen LogP contribution in [0.15, 0.2) is 24.5 Å². The molecule has 0 amide bonds. The second-order valence-electron chi connectivity index (χ2n) is 4.81. The zero-order valence-corrected chi connectivity index (χ0v) is 11.7. The minimum Gasteiger partial charge on any atom is -0.497 e. The Hall–Kier alpha value is -2.08. The predicted molar refractivity (Wildman–Crippen MR) is 73.7 cm³/mol. The summed E-state index contributed by atoms with van der Waals surface area (Å²) in [6.45, 7) is 1.36. The standard InChI is InChI=1S/C14H18N4O2/c1-18-9-16-14(17-18)8-15-12-5-6-20-13-4-3-10(19-2)7-11(12)13/h3-4,7,9,12,15H,5-6,8H2,1-2H3. The highest BCUT2D eigenvalue weighted by Crippen LogP contribution is 2.34. The Morgan fingerprint density at radius 1 is 1.50 bits per heavy atom. The van der Waals surface area contributed by atoms with Gasteiger partial charge in [-0.15, -0.1) is 0 Å². The maximum absolute atomic E-state index is 5.68. The lowest BCUT2D eigenvalue weighted by atomic mass is 10.00. The highest BCUT2D eigenvalue weighted by atomic mass is 16.5. The molecule has 1 N–H and O–H groups in total. The van der Waals surface area contributed by atoms with Crippen LogP contribution in [0.25, 0.3) is 0 Å². The summed E-state index contributed by atoms with van der Waals surface area (Å²) >= 11 is 0. The fourth-order valence-electron chi connectivity index (χ4n) is 2.39. The van der Waals surface area contributed by atoms with Crippen molar-refractivity contribution in [3.05, 3.63) is 35.9 Å². The molecule has 2 aromatic rings. The van der Waals surface area contributed by atoms with Gasteiger partial charge in [0.25, 0.3) is 0 Å². The number of ether oxygens (including phenoxy) is 2. The number of hydrogen-bond donors (Lipinski definition) is 1. The summed E-state index contributed by atoms with van der Waals surface area (Å²) in [4.78, 5) is 4.22. The zero-order valence-electron chi connectivity index (χ0n) is 11.7. The Morgan fingerprint density at radius 2 is 2.40 bits per heavy atom. The molecule has 0 spiro atoms. The third kappa shape index (κ3) is 2.60. The number of aryl methyl sites for hydroxylation is 1. The second kappa shape index (κ2) is 5.50. The van der Waals surface area contributed by atoms with E-state index in [4.69, 9.17) is 9.47 Å². The van der Waals surface area contributed by atoms with E-state index in [0.717, 1.165) is 29.3 Å². The van der Waals surface area contributed by atoms with E-state index in [1.54, 1.807) is 18.1 Å². The van der Waals surface area contributed by atoms with Crippen LogP contribution >= 0.6 is 0 Å². The van der Waals surface area contributed by atoms with Crippen molar-refractivity contribution in [3.8, 4) is 11.5 Å². The maximum atomic E-state index is 5.68. The van der Waals surface area contributed by atoms with E-state index in [0.29, 0.717) is 13.2 Å². The summed E-state index contributed by atoms with van der Waals surface area (Å²) in [5.41, 5.74) is 1.13. The van der Waals surface area contributed by atoms with Gasteiger partial charge in [0.2, 0.25) is 0 Å². The lowest BCUT2D eigenvalue weighted by Gasteiger charge is -2.26. The first-order valence-corrected chi connectivity index (χ1v) is 6.65. The maximum Gasteiger partial charge on any atom is 0.164 e. The molecule has 0 aliphatic carbocycles. The monoisotopic (exact) mass is 274 g/mol. The van der Waals surface area contributed by atoms with Gasteiger partial charge < -0.3 is 14.8 Å². The van der Waals surface area contributed by atoms with Crippen molar-refractivity contribution in [3.63, 3.8) is 0 Å². The van der Waals surface area contributed by atoms with Crippen LogP contribution < -0.4 is 14.8 Å². The first kappa shape index (κ1) is 12.9. The Balaban J connectivity index is 1.75. The van der Waals surface area contributed by atoms with Gasteiger partial charge in [0, 0.05) is 25.1 Å². The van der Waals surface area contributed by atoms with Crippen LogP contribution in [0.1, 0.15) is 23.9 Å². The molecular weight excluding hydrogens is 256 g/mol. The Labute approximate surface area is 117 Å². The number of methoxy groups -OCH3 is 1. The zero-order chi connectivity index (χ0) is 13.9. The summed E-state index contributed by atoms with van der Waals surface area (Å²) in [6.07, 6.45) is 2.63. The van der Waals surface area contributed by atoms with Crippen molar-refractivity contribution in [2.45, 2.75) is 19.0 Å². The fourth-order valence-corrected chi connectivity index (χ4v) is 2.39. The topological polar surface area (TPSA) is 61.2 Å². The average Bonchev–Trinajstić information content (AvgIpc) is 2.90. The molecule has 106 valence electrons. The van der Waals surface area contributed by atoms with Gasteiger partial charge in [-0.3, -0.25) is 4.68 Å². The van der Waals surface area contributed by atoms with Gasteiger partial charge in [0.1, 0.15) is 17.8 Å². The van der Waals surface area contributed by atoms with Crippen molar-refractivity contribution >= 4 is 0 Å². The number of fused-ring (bicyclic) bond motifs is 1. The second-order valence-corrected chi connectivity index (χ2v) is 4.81. The molecule has 2 heterocycles. The fraction of sp³-hybridized carbons (Fsp3) is 0.429. The van der Waals surface area contributed by atoms with E-state index in [9.17, 15) is 0 Å². The Kier molecular flexibility index (Phi) is 3.56. The molecule has 1 aliphatic rings. The van der Waals surface area contributed by atoms with Crippen molar-refractivity contribution < 1.29 is 9.47 Å². The number of benzene rings is 1. The van der Waals surface area contributed by atoms with Crippen LogP contribution in [-0.2, 0) is 13.6 Å². The van der Waals surface area contributed by atoms with Gasteiger partial charge >= 0.3 is 0 Å². The molecule has 1 atom stereocenters. The molecule has 6 nitrogen and oxygen atoms in total. The minimum atomic E-state index is 0.234. The van der Waals surface area contributed by atoms with Gasteiger partial charge in [0.15, 0.2) is 5.82 Å². The molecule has 0 radical (unpaired) electrons. The Bertz CT molecular complexity index is 597. The molecule has 0 fully saturated rings. The highest BCUT2D eigenvalue weighted by Gasteiger charge is 2.22. The molecule has 6 heteroatoms. The van der Waals surface area contributed by atoms with Crippen LogP contribution in [0.2, 0.25) is 0 Å². The lowest BCUT2D eigenvalue weighted by Crippen LogP contribution is -2.27. The largest absolute Gasteiger partial charge is 0.497 e. The van der Waals surface area contributed by atoms with E-state index in [-0.39, 0.29) is 6.04 Å². The third-order valence-electron chi connectivity index (χ3n) is 3.41. The smallest absolute Gasteiger partial charge is 0.164 e. The molecule has 20 heavy (non-hydrogen) atoms. The van der Waals surface area contributed by atoms with Gasteiger partial charge in [-0.25, -0.2) is 4.98 Å². The van der Waals surface area contributed by atoms with Gasteiger partial charge in [0.05, 0.1) is 20.3 Å². The molecule has 1 aromatic carbocycles. The van der Waals surface area contributed by atoms with Crippen molar-refractivity contribution in [1.82, 2.24) is 20.1 Å². The SMILES string of the molecule is COc1ccc2c(c1)C(NCc1ncn(C)n1)CCO2. The number of aromatic nitrogens is 3. The molecule has 0 bridgehead atoms. The molecular formula is C14H18N4O2. The van der Waals surface area contributed by atoms with Gasteiger partial charge in [-0.2, -0.15) is 5.10 Å². The van der Waals surface area contributed by atoms with Gasteiger partial charge in [-0.05, 0) is 18.2 Å². The lowest BCUT2D eigenvalue weighted by molar-refractivity contribution is 0.250. The molecule has 1 unspecified atom stereocenters. The van der Waals surface area contributed by atoms with Crippen molar-refractivity contribution in [2.75, 3.05) is 13.7 Å². The predicted octanol–water partition coefficient (Wildman–Crippen LogP) is 1.44. The molecule has 0 saturated carbocycles. The normalized spacial score (nSPS) is 17.4. The van der Waals surface area contributed by atoms with Crippen LogP contribution in [0.3, 0.4) is 0 Å². The van der Waals surface area contributed by atoms with Gasteiger partial charge in [-0.1, -0.05) is 0 Å². The quantitative estimate of drug-likeness (QED) is 0.914. The average molecular weight is 274 g/mol. The van der Waals surface area contributed by atoms with E-state index in [2.05, 4.69) is 15.4 Å². The number of rotatable bonds is 4. The summed E-state index contributed by atoms with van der Waals surface area (Å²) in [6, 6.07) is 6.14. The highest BCUT2D eigenvalue weighted by molar-refractivity contribution is 5.43.